The summed E-state index contributed by atoms with van der Waals surface area (Å²) >= 11 is 1.43. The van der Waals surface area contributed by atoms with E-state index in [1.165, 1.54) is 11.5 Å². The van der Waals surface area contributed by atoms with Crippen LogP contribution in [-0.4, -0.2) is 28.4 Å². The summed E-state index contributed by atoms with van der Waals surface area (Å²) in [7, 11) is 0. The molecule has 1 aliphatic heterocycles. The quantitative estimate of drug-likeness (QED) is 0.853. The van der Waals surface area contributed by atoms with Crippen LogP contribution >= 0.6 is 11.5 Å². The molecule has 0 radical (unpaired) electrons. The Labute approximate surface area is 98.8 Å². The van der Waals surface area contributed by atoms with Crippen LogP contribution in [0.5, 0.6) is 0 Å². The zero-order valence-electron chi connectivity index (χ0n) is 9.35. The van der Waals surface area contributed by atoms with Crippen LogP contribution in [0.3, 0.4) is 0 Å². The van der Waals surface area contributed by atoms with Gasteiger partial charge in [0.2, 0.25) is 11.0 Å². The minimum absolute atomic E-state index is 0.208. The SMILES string of the molecule is Cc1nsc(N2CCCC(CC(N)=O)C2)n1. The Morgan fingerprint density at radius 2 is 2.50 bits per heavy atom. The van der Waals surface area contributed by atoms with Crippen molar-refractivity contribution < 1.29 is 4.79 Å². The zero-order valence-corrected chi connectivity index (χ0v) is 10.2. The first-order valence-electron chi connectivity index (χ1n) is 5.48. The van der Waals surface area contributed by atoms with Gasteiger partial charge >= 0.3 is 0 Å². The lowest BCUT2D eigenvalue weighted by Crippen LogP contribution is -2.37. The van der Waals surface area contributed by atoms with Gasteiger partial charge in [-0.2, -0.15) is 4.37 Å². The van der Waals surface area contributed by atoms with Gasteiger partial charge in [-0.3, -0.25) is 4.79 Å². The lowest BCUT2D eigenvalue weighted by molar-refractivity contribution is -0.118. The topological polar surface area (TPSA) is 72.1 Å². The molecule has 2 rings (SSSR count). The third-order valence-corrected chi connectivity index (χ3v) is 3.66. The number of nitrogens with two attached hydrogens (primary N) is 1. The maximum absolute atomic E-state index is 10.9. The highest BCUT2D eigenvalue weighted by Crippen LogP contribution is 2.25. The van der Waals surface area contributed by atoms with Gasteiger partial charge < -0.3 is 10.6 Å². The van der Waals surface area contributed by atoms with E-state index in [1.54, 1.807) is 0 Å². The number of nitrogens with zero attached hydrogens (tertiary/aromatic N) is 3. The second kappa shape index (κ2) is 4.78. The highest BCUT2D eigenvalue weighted by atomic mass is 32.1. The minimum atomic E-state index is -0.208. The predicted molar refractivity (Wildman–Crippen MR) is 63.4 cm³/mol. The zero-order chi connectivity index (χ0) is 11.5. The fourth-order valence-corrected chi connectivity index (χ4v) is 2.81. The van der Waals surface area contributed by atoms with Crippen LogP contribution in [-0.2, 0) is 4.79 Å². The van der Waals surface area contributed by atoms with E-state index in [2.05, 4.69) is 14.3 Å². The largest absolute Gasteiger partial charge is 0.370 e. The highest BCUT2D eigenvalue weighted by Gasteiger charge is 2.23. The lowest BCUT2D eigenvalue weighted by Gasteiger charge is -2.31. The van der Waals surface area contributed by atoms with E-state index in [4.69, 9.17) is 5.73 Å². The van der Waals surface area contributed by atoms with Crippen LogP contribution in [0.1, 0.15) is 25.1 Å². The van der Waals surface area contributed by atoms with E-state index < -0.39 is 0 Å². The van der Waals surface area contributed by atoms with Crippen molar-refractivity contribution in [3.63, 3.8) is 0 Å². The van der Waals surface area contributed by atoms with E-state index in [0.29, 0.717) is 12.3 Å². The number of hydrogen-bond acceptors (Lipinski definition) is 5. The Hall–Kier alpha value is -1.17. The molecule has 2 heterocycles. The number of amides is 1. The highest BCUT2D eigenvalue weighted by molar-refractivity contribution is 7.09. The monoisotopic (exact) mass is 240 g/mol. The first kappa shape index (κ1) is 11.3. The molecule has 0 spiro atoms. The van der Waals surface area contributed by atoms with Crippen molar-refractivity contribution in [2.45, 2.75) is 26.2 Å². The number of anilines is 1. The molecule has 0 aliphatic carbocycles. The summed E-state index contributed by atoms with van der Waals surface area (Å²) in [6.07, 6.45) is 2.65. The third-order valence-electron chi connectivity index (χ3n) is 2.80. The van der Waals surface area contributed by atoms with Gasteiger partial charge in [0, 0.05) is 31.0 Å². The smallest absolute Gasteiger partial charge is 0.217 e. The molecule has 1 atom stereocenters. The molecule has 1 saturated heterocycles. The maximum Gasteiger partial charge on any atom is 0.217 e. The molecular weight excluding hydrogens is 224 g/mol. The first-order valence-corrected chi connectivity index (χ1v) is 6.26. The van der Waals surface area contributed by atoms with Crippen molar-refractivity contribution in [3.8, 4) is 0 Å². The van der Waals surface area contributed by atoms with Crippen LogP contribution in [0.15, 0.2) is 0 Å². The third kappa shape index (κ3) is 2.69. The van der Waals surface area contributed by atoms with Crippen LogP contribution in [0.4, 0.5) is 5.13 Å². The van der Waals surface area contributed by atoms with Crippen LogP contribution < -0.4 is 10.6 Å². The van der Waals surface area contributed by atoms with E-state index in [1.807, 2.05) is 6.92 Å². The second-order valence-electron chi connectivity index (χ2n) is 4.25. The lowest BCUT2D eigenvalue weighted by atomic mass is 9.95. The Balaban J connectivity index is 1.99. The van der Waals surface area contributed by atoms with Crippen molar-refractivity contribution in [2.75, 3.05) is 18.0 Å². The summed E-state index contributed by atoms with van der Waals surface area (Å²) < 4.78 is 4.18. The summed E-state index contributed by atoms with van der Waals surface area (Å²) in [6.45, 7) is 3.77. The molecule has 1 fully saturated rings. The van der Waals surface area contributed by atoms with Gasteiger partial charge in [-0.25, -0.2) is 4.98 Å². The Bertz CT molecular complexity index is 379. The van der Waals surface area contributed by atoms with Crippen molar-refractivity contribution in [1.29, 1.82) is 0 Å². The Morgan fingerprint density at radius 1 is 1.69 bits per heavy atom. The number of aromatic nitrogens is 2. The number of carbonyl (C=O) groups is 1. The first-order chi connectivity index (χ1) is 7.65. The predicted octanol–water partition coefficient (Wildman–Crippen LogP) is 0.938. The van der Waals surface area contributed by atoms with Gasteiger partial charge in [0.05, 0.1) is 0 Å². The van der Waals surface area contributed by atoms with Crippen molar-refractivity contribution in [3.05, 3.63) is 5.82 Å². The van der Waals surface area contributed by atoms with Crippen molar-refractivity contribution in [1.82, 2.24) is 9.36 Å². The molecule has 0 aromatic carbocycles. The minimum Gasteiger partial charge on any atom is -0.370 e. The van der Waals surface area contributed by atoms with Crippen molar-refractivity contribution in [2.24, 2.45) is 11.7 Å². The molecule has 0 bridgehead atoms. The van der Waals surface area contributed by atoms with Crippen LogP contribution in [0.25, 0.3) is 0 Å². The number of carbonyl (C=O) groups excluding carboxylic acids is 1. The Morgan fingerprint density at radius 3 is 3.12 bits per heavy atom. The molecule has 1 aliphatic rings. The molecule has 1 amide bonds. The number of aryl methyl sites for hydroxylation is 1. The standard InChI is InChI=1S/C10H16N4OS/c1-7-12-10(16-13-7)14-4-2-3-8(6-14)5-9(11)15/h8H,2-6H2,1H3,(H2,11,15). The summed E-state index contributed by atoms with van der Waals surface area (Å²) in [5.74, 6) is 0.979. The Kier molecular flexibility index (Phi) is 3.38. The number of primary amides is 1. The summed E-state index contributed by atoms with van der Waals surface area (Å²) in [6, 6.07) is 0. The molecule has 2 N–H and O–H groups in total. The van der Waals surface area contributed by atoms with E-state index in [0.717, 1.165) is 36.9 Å². The number of piperidine rings is 1. The molecule has 1 aromatic rings. The van der Waals surface area contributed by atoms with E-state index >= 15 is 0 Å². The van der Waals surface area contributed by atoms with Gasteiger partial charge in [0.25, 0.3) is 0 Å². The van der Waals surface area contributed by atoms with Gasteiger partial charge in [-0.15, -0.1) is 0 Å². The molecule has 0 saturated carbocycles. The fraction of sp³-hybridized carbons (Fsp3) is 0.700. The molecular formula is C10H16N4OS. The molecule has 5 nitrogen and oxygen atoms in total. The van der Waals surface area contributed by atoms with Gasteiger partial charge in [-0.05, 0) is 25.7 Å². The second-order valence-corrected chi connectivity index (χ2v) is 4.98. The average Bonchev–Trinajstić information content (AvgIpc) is 2.64. The molecule has 1 unspecified atom stereocenters. The maximum atomic E-state index is 10.9. The summed E-state index contributed by atoms with van der Waals surface area (Å²) in [5, 5.41) is 0.965. The van der Waals surface area contributed by atoms with Gasteiger partial charge in [0.15, 0.2) is 0 Å². The average molecular weight is 240 g/mol. The number of rotatable bonds is 3. The molecule has 16 heavy (non-hydrogen) atoms. The summed E-state index contributed by atoms with van der Waals surface area (Å²) in [4.78, 5) is 17.5. The summed E-state index contributed by atoms with van der Waals surface area (Å²) in [5.41, 5.74) is 5.23. The molecule has 6 heteroatoms. The number of hydrogen-bond donors (Lipinski definition) is 1. The van der Waals surface area contributed by atoms with Gasteiger partial charge in [0.1, 0.15) is 5.82 Å². The van der Waals surface area contributed by atoms with Crippen molar-refractivity contribution >= 4 is 22.6 Å². The van der Waals surface area contributed by atoms with Crippen LogP contribution in [0, 0.1) is 12.8 Å². The van der Waals surface area contributed by atoms with Crippen LogP contribution in [0.2, 0.25) is 0 Å². The van der Waals surface area contributed by atoms with Gasteiger partial charge in [-0.1, -0.05) is 0 Å². The molecule has 1 aromatic heterocycles. The van der Waals surface area contributed by atoms with E-state index in [9.17, 15) is 4.79 Å². The van der Waals surface area contributed by atoms with E-state index in [-0.39, 0.29) is 5.91 Å². The fourth-order valence-electron chi connectivity index (χ4n) is 2.10. The normalized spacial score (nSPS) is 21.1. The molecule has 88 valence electrons.